The van der Waals surface area contributed by atoms with Crippen LogP contribution in [0.4, 0.5) is 8.78 Å². The summed E-state index contributed by atoms with van der Waals surface area (Å²) in [4.78, 5) is 0. The zero-order valence-corrected chi connectivity index (χ0v) is 15.8. The van der Waals surface area contributed by atoms with Crippen molar-refractivity contribution in [3.8, 4) is 0 Å². The highest BCUT2D eigenvalue weighted by Crippen LogP contribution is 2.42. The standard InChI is InChI=1S/C23H34F2/c1-2-3-4-5-18-6-8-19(9-7-18)20-10-12-21(13-11-20)22-14-16-23(24,25)17-15-22/h10-13,18-19,22H,2-9,14-17H2,1H3. The molecule has 2 aliphatic rings. The molecule has 2 heteroatoms. The summed E-state index contributed by atoms with van der Waals surface area (Å²) >= 11 is 0. The van der Waals surface area contributed by atoms with Gasteiger partial charge < -0.3 is 0 Å². The maximum atomic E-state index is 13.3. The first kappa shape index (κ1) is 18.9. The first-order valence-corrected chi connectivity index (χ1v) is 10.5. The van der Waals surface area contributed by atoms with Crippen LogP contribution in [0.1, 0.15) is 107 Å². The van der Waals surface area contributed by atoms with Crippen LogP contribution in [0, 0.1) is 5.92 Å². The molecule has 1 aromatic rings. The predicted octanol–water partition coefficient (Wildman–Crippen LogP) is 7.83. The van der Waals surface area contributed by atoms with Crippen LogP contribution in [0.15, 0.2) is 24.3 Å². The Morgan fingerprint density at radius 1 is 0.800 bits per heavy atom. The van der Waals surface area contributed by atoms with Gasteiger partial charge in [-0.05, 0) is 67.4 Å². The first-order chi connectivity index (χ1) is 12.1. The molecule has 140 valence electrons. The monoisotopic (exact) mass is 348 g/mol. The second-order valence-corrected chi connectivity index (χ2v) is 8.51. The zero-order valence-electron chi connectivity index (χ0n) is 15.8. The minimum atomic E-state index is -2.42. The van der Waals surface area contributed by atoms with Crippen LogP contribution in [-0.2, 0) is 0 Å². The highest BCUT2D eigenvalue weighted by Gasteiger charge is 2.35. The third kappa shape index (κ3) is 5.28. The van der Waals surface area contributed by atoms with Gasteiger partial charge in [0.15, 0.2) is 0 Å². The normalized spacial score (nSPS) is 27.3. The molecule has 2 fully saturated rings. The van der Waals surface area contributed by atoms with Crippen LogP contribution in [0.5, 0.6) is 0 Å². The van der Waals surface area contributed by atoms with Crippen molar-refractivity contribution in [2.45, 2.75) is 102 Å². The fourth-order valence-corrected chi connectivity index (χ4v) is 4.88. The van der Waals surface area contributed by atoms with Gasteiger partial charge in [-0.1, -0.05) is 56.9 Å². The third-order valence-corrected chi connectivity index (χ3v) is 6.66. The van der Waals surface area contributed by atoms with Crippen molar-refractivity contribution < 1.29 is 8.78 Å². The van der Waals surface area contributed by atoms with Crippen molar-refractivity contribution >= 4 is 0 Å². The summed E-state index contributed by atoms with van der Waals surface area (Å²) in [5, 5.41) is 0. The quantitative estimate of drug-likeness (QED) is 0.459. The lowest BCUT2D eigenvalue weighted by atomic mass is 9.76. The molecule has 0 heterocycles. The van der Waals surface area contributed by atoms with Gasteiger partial charge in [-0.3, -0.25) is 0 Å². The van der Waals surface area contributed by atoms with Crippen molar-refractivity contribution in [2.24, 2.45) is 5.92 Å². The fourth-order valence-electron chi connectivity index (χ4n) is 4.88. The van der Waals surface area contributed by atoms with Gasteiger partial charge in [0.25, 0.3) is 0 Å². The van der Waals surface area contributed by atoms with Gasteiger partial charge in [0, 0.05) is 12.8 Å². The summed E-state index contributed by atoms with van der Waals surface area (Å²) < 4.78 is 26.7. The van der Waals surface area contributed by atoms with Crippen molar-refractivity contribution in [3.63, 3.8) is 0 Å². The summed E-state index contributed by atoms with van der Waals surface area (Å²) in [7, 11) is 0. The summed E-state index contributed by atoms with van der Waals surface area (Å²) in [5.74, 6) is -0.423. The molecule has 0 radical (unpaired) electrons. The minimum absolute atomic E-state index is 0.0570. The van der Waals surface area contributed by atoms with E-state index in [1.165, 1.54) is 62.5 Å². The molecule has 0 amide bonds. The Morgan fingerprint density at radius 2 is 1.32 bits per heavy atom. The zero-order chi connectivity index (χ0) is 17.7. The lowest BCUT2D eigenvalue weighted by Crippen LogP contribution is -2.23. The average molecular weight is 349 g/mol. The number of hydrogen-bond donors (Lipinski definition) is 0. The van der Waals surface area contributed by atoms with E-state index >= 15 is 0 Å². The molecule has 0 N–H and O–H groups in total. The van der Waals surface area contributed by atoms with Gasteiger partial charge in [-0.25, -0.2) is 8.78 Å². The van der Waals surface area contributed by atoms with E-state index in [4.69, 9.17) is 0 Å². The molecule has 0 aliphatic heterocycles. The third-order valence-electron chi connectivity index (χ3n) is 6.66. The summed E-state index contributed by atoms with van der Waals surface area (Å²) in [6, 6.07) is 9.00. The predicted molar refractivity (Wildman–Crippen MR) is 101 cm³/mol. The maximum absolute atomic E-state index is 13.3. The van der Waals surface area contributed by atoms with Crippen LogP contribution in [0.25, 0.3) is 0 Å². The van der Waals surface area contributed by atoms with Crippen molar-refractivity contribution in [2.75, 3.05) is 0 Å². The molecular formula is C23H34F2. The highest BCUT2D eigenvalue weighted by molar-refractivity contribution is 5.28. The van der Waals surface area contributed by atoms with E-state index in [9.17, 15) is 8.78 Å². The Kier molecular flexibility index (Phi) is 6.52. The molecule has 0 spiro atoms. The second kappa shape index (κ2) is 8.64. The molecule has 1 aromatic carbocycles. The van der Waals surface area contributed by atoms with Gasteiger partial charge in [-0.2, -0.15) is 0 Å². The molecule has 0 unspecified atom stereocenters. The number of hydrogen-bond acceptors (Lipinski definition) is 0. The van der Waals surface area contributed by atoms with E-state index in [0.717, 1.165) is 5.92 Å². The molecular weight excluding hydrogens is 314 g/mol. The number of benzene rings is 1. The van der Waals surface area contributed by atoms with Crippen LogP contribution < -0.4 is 0 Å². The van der Waals surface area contributed by atoms with Gasteiger partial charge in [0.2, 0.25) is 5.92 Å². The van der Waals surface area contributed by atoms with Gasteiger partial charge >= 0.3 is 0 Å². The van der Waals surface area contributed by atoms with Crippen LogP contribution in [-0.4, -0.2) is 5.92 Å². The Morgan fingerprint density at radius 3 is 1.84 bits per heavy atom. The molecule has 3 rings (SSSR count). The Labute approximate surface area is 152 Å². The van der Waals surface area contributed by atoms with E-state index in [2.05, 4.69) is 31.2 Å². The van der Waals surface area contributed by atoms with Gasteiger partial charge in [-0.15, -0.1) is 0 Å². The fraction of sp³-hybridized carbons (Fsp3) is 0.739. The number of halogens is 2. The van der Waals surface area contributed by atoms with E-state index < -0.39 is 5.92 Å². The average Bonchev–Trinajstić information content (AvgIpc) is 2.63. The molecule has 0 aromatic heterocycles. The molecule has 0 bridgehead atoms. The number of alkyl halides is 2. The van der Waals surface area contributed by atoms with Crippen molar-refractivity contribution in [1.29, 1.82) is 0 Å². The van der Waals surface area contributed by atoms with Crippen molar-refractivity contribution in [3.05, 3.63) is 35.4 Å². The summed E-state index contributed by atoms with van der Waals surface area (Å²) in [5.41, 5.74) is 2.74. The topological polar surface area (TPSA) is 0 Å². The lowest BCUT2D eigenvalue weighted by Gasteiger charge is -2.30. The first-order valence-electron chi connectivity index (χ1n) is 10.5. The Bertz CT molecular complexity index is 501. The Balaban J connectivity index is 1.48. The molecule has 0 saturated heterocycles. The van der Waals surface area contributed by atoms with E-state index in [1.807, 2.05) is 0 Å². The van der Waals surface area contributed by atoms with Crippen LogP contribution in [0.3, 0.4) is 0 Å². The number of rotatable bonds is 6. The van der Waals surface area contributed by atoms with Gasteiger partial charge in [0.05, 0.1) is 0 Å². The summed E-state index contributed by atoms with van der Waals surface area (Å²) in [6.45, 7) is 2.28. The molecule has 0 atom stereocenters. The number of unbranched alkanes of at least 4 members (excludes halogenated alkanes) is 2. The molecule has 2 aliphatic carbocycles. The molecule has 25 heavy (non-hydrogen) atoms. The second-order valence-electron chi connectivity index (χ2n) is 8.51. The van der Waals surface area contributed by atoms with Gasteiger partial charge in [0.1, 0.15) is 0 Å². The smallest absolute Gasteiger partial charge is 0.207 e. The minimum Gasteiger partial charge on any atom is -0.207 e. The summed E-state index contributed by atoms with van der Waals surface area (Å²) in [6.07, 6.45) is 12.3. The molecule has 2 saturated carbocycles. The van der Waals surface area contributed by atoms with E-state index in [-0.39, 0.29) is 12.8 Å². The maximum Gasteiger partial charge on any atom is 0.248 e. The Hall–Kier alpha value is -0.920. The largest absolute Gasteiger partial charge is 0.248 e. The molecule has 0 nitrogen and oxygen atoms in total. The highest BCUT2D eigenvalue weighted by atomic mass is 19.3. The van der Waals surface area contributed by atoms with Crippen LogP contribution >= 0.6 is 0 Å². The van der Waals surface area contributed by atoms with E-state index in [1.54, 1.807) is 0 Å². The SMILES string of the molecule is CCCCCC1CCC(c2ccc(C3CCC(F)(F)CC3)cc2)CC1. The lowest BCUT2D eigenvalue weighted by molar-refractivity contribution is -0.0382. The van der Waals surface area contributed by atoms with Crippen molar-refractivity contribution in [1.82, 2.24) is 0 Å². The van der Waals surface area contributed by atoms with E-state index in [0.29, 0.717) is 24.7 Å². The van der Waals surface area contributed by atoms with Crippen LogP contribution in [0.2, 0.25) is 0 Å².